The van der Waals surface area contributed by atoms with Gasteiger partial charge in [0, 0.05) is 12.2 Å². The maximum atomic E-state index is 10.7. The smallest absolute Gasteiger partial charge is 0.307 e. The average Bonchev–Trinajstić information content (AvgIpc) is 2.71. The fraction of sp³-hybridized carbons (Fsp3) is 0.654. The third-order valence-electron chi connectivity index (χ3n) is 5.33. The standard InChI is InChI=1S/C26H43NO2/c1-2-3-4-5-6-7-8-9-10-11-12-13-14-15-16-17-22-27-25-20-18-24(19-21-25)23-26(28)29/h9-10,18-21,27H,2-8,11-17,22-23H2,1H3,(H,28,29)/b10-9-. The first-order chi connectivity index (χ1) is 14.2. The summed E-state index contributed by atoms with van der Waals surface area (Å²) in [6.07, 6.45) is 23.5. The van der Waals surface area contributed by atoms with Gasteiger partial charge >= 0.3 is 5.97 Å². The minimum atomic E-state index is -0.783. The highest BCUT2D eigenvalue weighted by Crippen LogP contribution is 2.12. The molecule has 0 amide bonds. The zero-order chi connectivity index (χ0) is 21.0. The van der Waals surface area contributed by atoms with Gasteiger partial charge in [-0.3, -0.25) is 4.79 Å². The van der Waals surface area contributed by atoms with E-state index in [1.54, 1.807) is 0 Å². The van der Waals surface area contributed by atoms with Gasteiger partial charge in [-0.05, 0) is 49.8 Å². The Balaban J connectivity index is 1.85. The number of carbonyl (C=O) groups is 1. The predicted molar refractivity (Wildman–Crippen MR) is 126 cm³/mol. The Morgan fingerprint density at radius 1 is 0.793 bits per heavy atom. The molecule has 0 aliphatic rings. The molecule has 0 aliphatic heterocycles. The SMILES string of the molecule is CCCCCCCC/C=C\CCCCCCCCNc1ccc(CC(=O)O)cc1. The normalized spacial score (nSPS) is 11.2. The molecule has 0 heterocycles. The zero-order valence-corrected chi connectivity index (χ0v) is 18.6. The number of carboxylic acid groups (broad SMARTS) is 1. The lowest BCUT2D eigenvalue weighted by Crippen LogP contribution is -2.03. The van der Waals surface area contributed by atoms with Crippen molar-refractivity contribution in [2.45, 2.75) is 103 Å². The summed E-state index contributed by atoms with van der Waals surface area (Å²) in [5, 5.41) is 12.2. The van der Waals surface area contributed by atoms with Crippen molar-refractivity contribution in [1.82, 2.24) is 0 Å². The first kappa shape index (κ1) is 25.3. The van der Waals surface area contributed by atoms with Crippen LogP contribution in [0, 0.1) is 0 Å². The Bertz CT molecular complexity index is 536. The molecule has 0 fully saturated rings. The number of hydrogen-bond donors (Lipinski definition) is 2. The summed E-state index contributed by atoms with van der Waals surface area (Å²) in [6, 6.07) is 7.72. The van der Waals surface area contributed by atoms with Crippen LogP contribution in [0.5, 0.6) is 0 Å². The Morgan fingerprint density at radius 2 is 1.31 bits per heavy atom. The number of benzene rings is 1. The lowest BCUT2D eigenvalue weighted by molar-refractivity contribution is -0.136. The van der Waals surface area contributed by atoms with Crippen LogP contribution in [0.15, 0.2) is 36.4 Å². The van der Waals surface area contributed by atoms with Crippen molar-refractivity contribution in [2.75, 3.05) is 11.9 Å². The first-order valence-electron chi connectivity index (χ1n) is 11.9. The number of anilines is 1. The van der Waals surface area contributed by atoms with Crippen LogP contribution in [-0.4, -0.2) is 17.6 Å². The van der Waals surface area contributed by atoms with Gasteiger partial charge in [0.1, 0.15) is 0 Å². The molecular formula is C26H43NO2. The lowest BCUT2D eigenvalue weighted by atomic mass is 10.1. The molecule has 0 aromatic heterocycles. The van der Waals surface area contributed by atoms with E-state index in [4.69, 9.17) is 5.11 Å². The van der Waals surface area contributed by atoms with E-state index in [0.29, 0.717) is 0 Å². The van der Waals surface area contributed by atoms with Crippen LogP contribution in [0.1, 0.15) is 102 Å². The molecule has 0 atom stereocenters. The van der Waals surface area contributed by atoms with Gasteiger partial charge in [0.2, 0.25) is 0 Å². The molecule has 0 bridgehead atoms. The summed E-state index contributed by atoms with van der Waals surface area (Å²) < 4.78 is 0. The van der Waals surface area contributed by atoms with Crippen LogP contribution < -0.4 is 5.32 Å². The number of carboxylic acids is 1. The Morgan fingerprint density at radius 3 is 1.86 bits per heavy atom. The minimum Gasteiger partial charge on any atom is -0.481 e. The van der Waals surface area contributed by atoms with Crippen LogP contribution in [0.25, 0.3) is 0 Å². The molecular weight excluding hydrogens is 358 g/mol. The quantitative estimate of drug-likeness (QED) is 0.184. The van der Waals surface area contributed by atoms with E-state index in [1.807, 2.05) is 24.3 Å². The third kappa shape index (κ3) is 15.8. The van der Waals surface area contributed by atoms with E-state index in [1.165, 1.54) is 89.9 Å². The van der Waals surface area contributed by atoms with E-state index in [0.717, 1.165) is 17.8 Å². The fourth-order valence-electron chi connectivity index (χ4n) is 3.52. The minimum absolute atomic E-state index is 0.0925. The third-order valence-corrected chi connectivity index (χ3v) is 5.33. The maximum absolute atomic E-state index is 10.7. The molecule has 0 spiro atoms. The van der Waals surface area contributed by atoms with Crippen molar-refractivity contribution < 1.29 is 9.90 Å². The van der Waals surface area contributed by atoms with Crippen LogP contribution in [0.3, 0.4) is 0 Å². The maximum Gasteiger partial charge on any atom is 0.307 e. The van der Waals surface area contributed by atoms with Crippen molar-refractivity contribution in [1.29, 1.82) is 0 Å². The molecule has 0 saturated carbocycles. The number of nitrogens with one attached hydrogen (secondary N) is 1. The van der Waals surface area contributed by atoms with Gasteiger partial charge in [0.25, 0.3) is 0 Å². The molecule has 1 aromatic rings. The van der Waals surface area contributed by atoms with E-state index in [-0.39, 0.29) is 6.42 Å². The Hall–Kier alpha value is -1.77. The molecule has 164 valence electrons. The van der Waals surface area contributed by atoms with Gasteiger partial charge in [0.05, 0.1) is 6.42 Å². The second-order valence-corrected chi connectivity index (χ2v) is 8.13. The molecule has 3 heteroatoms. The first-order valence-corrected chi connectivity index (χ1v) is 11.9. The largest absolute Gasteiger partial charge is 0.481 e. The van der Waals surface area contributed by atoms with Crippen molar-refractivity contribution in [2.24, 2.45) is 0 Å². The monoisotopic (exact) mass is 401 g/mol. The summed E-state index contributed by atoms with van der Waals surface area (Å²) in [4.78, 5) is 10.7. The Labute approximate surface area is 179 Å². The van der Waals surface area contributed by atoms with Gasteiger partial charge < -0.3 is 10.4 Å². The van der Waals surface area contributed by atoms with Crippen LogP contribution in [0.2, 0.25) is 0 Å². The van der Waals surface area contributed by atoms with Crippen molar-refractivity contribution in [3.63, 3.8) is 0 Å². The molecule has 29 heavy (non-hydrogen) atoms. The number of unbranched alkanes of at least 4 members (excludes halogenated alkanes) is 12. The highest BCUT2D eigenvalue weighted by Gasteiger charge is 2.00. The molecule has 0 aliphatic carbocycles. The fourth-order valence-corrected chi connectivity index (χ4v) is 3.52. The van der Waals surface area contributed by atoms with Crippen LogP contribution in [-0.2, 0) is 11.2 Å². The molecule has 0 unspecified atom stereocenters. The number of rotatable bonds is 19. The van der Waals surface area contributed by atoms with Gasteiger partial charge in [-0.25, -0.2) is 0 Å². The topological polar surface area (TPSA) is 49.3 Å². The highest BCUT2D eigenvalue weighted by atomic mass is 16.4. The average molecular weight is 402 g/mol. The molecule has 0 saturated heterocycles. The van der Waals surface area contributed by atoms with E-state index in [9.17, 15) is 4.79 Å². The molecule has 3 nitrogen and oxygen atoms in total. The van der Waals surface area contributed by atoms with Crippen molar-refractivity contribution >= 4 is 11.7 Å². The van der Waals surface area contributed by atoms with Crippen LogP contribution >= 0.6 is 0 Å². The molecule has 1 rings (SSSR count). The number of allylic oxidation sites excluding steroid dienone is 2. The van der Waals surface area contributed by atoms with Gasteiger partial charge in [-0.1, -0.05) is 89.0 Å². The van der Waals surface area contributed by atoms with Crippen LogP contribution in [0.4, 0.5) is 5.69 Å². The molecule has 2 N–H and O–H groups in total. The van der Waals surface area contributed by atoms with Crippen molar-refractivity contribution in [3.8, 4) is 0 Å². The zero-order valence-electron chi connectivity index (χ0n) is 18.6. The second-order valence-electron chi connectivity index (χ2n) is 8.13. The summed E-state index contributed by atoms with van der Waals surface area (Å²) in [5.41, 5.74) is 1.92. The van der Waals surface area contributed by atoms with E-state index in [2.05, 4.69) is 24.4 Å². The number of aliphatic carboxylic acids is 1. The van der Waals surface area contributed by atoms with E-state index >= 15 is 0 Å². The molecule has 1 aromatic carbocycles. The van der Waals surface area contributed by atoms with Gasteiger partial charge in [-0.2, -0.15) is 0 Å². The van der Waals surface area contributed by atoms with Gasteiger partial charge in [-0.15, -0.1) is 0 Å². The summed E-state index contributed by atoms with van der Waals surface area (Å²) in [6.45, 7) is 3.26. The second kappa shape index (κ2) is 18.3. The van der Waals surface area contributed by atoms with Gasteiger partial charge in [0.15, 0.2) is 0 Å². The predicted octanol–water partition coefficient (Wildman–Crippen LogP) is 7.76. The summed E-state index contributed by atoms with van der Waals surface area (Å²) in [5.74, 6) is -0.783. The van der Waals surface area contributed by atoms with Crippen molar-refractivity contribution in [3.05, 3.63) is 42.0 Å². The number of hydrogen-bond acceptors (Lipinski definition) is 2. The molecule has 0 radical (unpaired) electrons. The highest BCUT2D eigenvalue weighted by molar-refractivity contribution is 5.70. The lowest BCUT2D eigenvalue weighted by Gasteiger charge is -2.07. The van der Waals surface area contributed by atoms with E-state index < -0.39 is 5.97 Å². The Kier molecular flexibility index (Phi) is 15.9. The summed E-state index contributed by atoms with van der Waals surface area (Å²) >= 11 is 0. The summed E-state index contributed by atoms with van der Waals surface area (Å²) in [7, 11) is 0.